The van der Waals surface area contributed by atoms with E-state index in [9.17, 15) is 4.79 Å². The Bertz CT molecular complexity index is 414. The zero-order valence-electron chi connectivity index (χ0n) is 10.4. The van der Waals surface area contributed by atoms with E-state index in [0.29, 0.717) is 6.04 Å². The van der Waals surface area contributed by atoms with Gasteiger partial charge in [0, 0.05) is 17.8 Å². The highest BCUT2D eigenvalue weighted by molar-refractivity contribution is 5.70. The van der Waals surface area contributed by atoms with Crippen molar-refractivity contribution in [3.05, 3.63) is 17.5 Å². The van der Waals surface area contributed by atoms with E-state index in [0.717, 1.165) is 30.8 Å². The van der Waals surface area contributed by atoms with Crippen LogP contribution in [0.2, 0.25) is 0 Å². The summed E-state index contributed by atoms with van der Waals surface area (Å²) in [6.07, 6.45) is 4.06. The van der Waals surface area contributed by atoms with Crippen LogP contribution in [0.3, 0.4) is 0 Å². The molecule has 0 amide bonds. The van der Waals surface area contributed by atoms with E-state index in [1.54, 1.807) is 6.20 Å². The summed E-state index contributed by atoms with van der Waals surface area (Å²) >= 11 is 0. The maximum atomic E-state index is 10.7. The van der Waals surface area contributed by atoms with Gasteiger partial charge in [0.25, 0.3) is 0 Å². The highest BCUT2D eigenvalue weighted by atomic mass is 16.4. The fourth-order valence-electron chi connectivity index (χ4n) is 2.50. The van der Waals surface area contributed by atoms with Gasteiger partial charge in [0.15, 0.2) is 0 Å². The Morgan fingerprint density at radius 2 is 2.41 bits per heavy atom. The molecule has 0 bridgehead atoms. The van der Waals surface area contributed by atoms with Gasteiger partial charge in [-0.1, -0.05) is 0 Å². The van der Waals surface area contributed by atoms with Gasteiger partial charge < -0.3 is 10.0 Å². The molecule has 2 rings (SSSR count). The number of carbonyl (C=O) groups is 1. The summed E-state index contributed by atoms with van der Waals surface area (Å²) in [5.74, 6) is -0.798. The van der Waals surface area contributed by atoms with Crippen molar-refractivity contribution in [2.24, 2.45) is 0 Å². The molecule has 0 saturated carbocycles. The van der Waals surface area contributed by atoms with Gasteiger partial charge in [-0.15, -0.1) is 0 Å². The molecule has 0 aromatic carbocycles. The highest BCUT2D eigenvalue weighted by Crippen LogP contribution is 2.22. The SMILES string of the molecule is Cc1c(CC(=O)O)cnn1C1CCCN(C)C1. The predicted molar refractivity (Wildman–Crippen MR) is 64.1 cm³/mol. The number of carboxylic acid groups (broad SMARTS) is 1. The molecule has 0 spiro atoms. The Morgan fingerprint density at radius 3 is 3.06 bits per heavy atom. The van der Waals surface area contributed by atoms with Crippen molar-refractivity contribution in [1.29, 1.82) is 0 Å². The average Bonchev–Trinajstić information content (AvgIpc) is 2.60. The molecule has 1 aromatic heterocycles. The van der Waals surface area contributed by atoms with Crippen LogP contribution < -0.4 is 0 Å². The molecule has 1 atom stereocenters. The molecule has 1 fully saturated rings. The molecule has 1 unspecified atom stereocenters. The number of aromatic nitrogens is 2. The largest absolute Gasteiger partial charge is 0.481 e. The zero-order chi connectivity index (χ0) is 12.4. The number of hydrogen-bond acceptors (Lipinski definition) is 3. The Morgan fingerprint density at radius 1 is 1.65 bits per heavy atom. The van der Waals surface area contributed by atoms with Crippen LogP contribution in [-0.2, 0) is 11.2 Å². The van der Waals surface area contributed by atoms with Crippen LogP contribution in [0.15, 0.2) is 6.20 Å². The minimum atomic E-state index is -0.798. The summed E-state index contributed by atoms with van der Waals surface area (Å²) in [5.41, 5.74) is 1.82. The highest BCUT2D eigenvalue weighted by Gasteiger charge is 2.22. The number of carboxylic acids is 1. The first kappa shape index (κ1) is 12.1. The quantitative estimate of drug-likeness (QED) is 0.854. The number of nitrogens with zero attached hydrogens (tertiary/aromatic N) is 3. The maximum absolute atomic E-state index is 10.7. The first-order chi connectivity index (χ1) is 8.08. The second kappa shape index (κ2) is 4.87. The normalized spacial score (nSPS) is 21.6. The molecule has 17 heavy (non-hydrogen) atoms. The summed E-state index contributed by atoms with van der Waals surface area (Å²) in [4.78, 5) is 13.0. The number of likely N-dealkylation sites (N-methyl/N-ethyl adjacent to an activating group) is 1. The van der Waals surface area contributed by atoms with Gasteiger partial charge in [-0.3, -0.25) is 9.48 Å². The summed E-state index contributed by atoms with van der Waals surface area (Å²) in [6, 6.07) is 0.385. The van der Waals surface area contributed by atoms with Crippen LogP contribution in [0.4, 0.5) is 0 Å². The molecule has 1 N–H and O–H groups in total. The third-order valence-corrected chi connectivity index (χ3v) is 3.43. The molecule has 5 heteroatoms. The van der Waals surface area contributed by atoms with Crippen LogP contribution in [0.1, 0.15) is 30.1 Å². The molecule has 94 valence electrons. The summed E-state index contributed by atoms with van der Waals surface area (Å²) in [6.45, 7) is 4.09. The molecule has 1 saturated heterocycles. The molecule has 1 aromatic rings. The fraction of sp³-hybridized carbons (Fsp3) is 0.667. The van der Waals surface area contributed by atoms with Gasteiger partial charge >= 0.3 is 5.97 Å². The maximum Gasteiger partial charge on any atom is 0.307 e. The number of likely N-dealkylation sites (tertiary alicyclic amines) is 1. The molecule has 5 nitrogen and oxygen atoms in total. The number of piperidine rings is 1. The minimum Gasteiger partial charge on any atom is -0.481 e. The van der Waals surface area contributed by atoms with Gasteiger partial charge in [-0.05, 0) is 33.4 Å². The Kier molecular flexibility index (Phi) is 3.47. The van der Waals surface area contributed by atoms with Crippen molar-refractivity contribution < 1.29 is 9.90 Å². The zero-order valence-corrected chi connectivity index (χ0v) is 10.4. The number of hydrogen-bond donors (Lipinski definition) is 1. The second-order valence-electron chi connectivity index (χ2n) is 4.83. The van der Waals surface area contributed by atoms with Crippen molar-refractivity contribution in [2.45, 2.75) is 32.2 Å². The lowest BCUT2D eigenvalue weighted by Gasteiger charge is -2.30. The van der Waals surface area contributed by atoms with Crippen molar-refractivity contribution in [3.63, 3.8) is 0 Å². The van der Waals surface area contributed by atoms with Crippen molar-refractivity contribution in [2.75, 3.05) is 20.1 Å². The first-order valence-corrected chi connectivity index (χ1v) is 6.01. The van der Waals surface area contributed by atoms with Crippen LogP contribution in [-0.4, -0.2) is 45.9 Å². The van der Waals surface area contributed by atoms with Gasteiger partial charge in [0.1, 0.15) is 0 Å². The Labute approximate surface area is 101 Å². The van der Waals surface area contributed by atoms with Gasteiger partial charge in [0.2, 0.25) is 0 Å². The van der Waals surface area contributed by atoms with E-state index in [2.05, 4.69) is 17.0 Å². The van der Waals surface area contributed by atoms with Gasteiger partial charge in [-0.25, -0.2) is 0 Å². The first-order valence-electron chi connectivity index (χ1n) is 6.01. The van der Waals surface area contributed by atoms with Crippen LogP contribution in [0.25, 0.3) is 0 Å². The van der Waals surface area contributed by atoms with Gasteiger partial charge in [-0.2, -0.15) is 5.10 Å². The van der Waals surface area contributed by atoms with E-state index in [4.69, 9.17) is 5.11 Å². The van der Waals surface area contributed by atoms with E-state index in [-0.39, 0.29) is 6.42 Å². The van der Waals surface area contributed by atoms with Crippen LogP contribution in [0, 0.1) is 6.92 Å². The average molecular weight is 237 g/mol. The van der Waals surface area contributed by atoms with E-state index < -0.39 is 5.97 Å². The Hall–Kier alpha value is -1.36. The molecule has 2 heterocycles. The van der Waals surface area contributed by atoms with Crippen molar-refractivity contribution in [1.82, 2.24) is 14.7 Å². The number of aliphatic carboxylic acids is 1. The van der Waals surface area contributed by atoms with Crippen molar-refractivity contribution >= 4 is 5.97 Å². The summed E-state index contributed by atoms with van der Waals surface area (Å²) < 4.78 is 1.99. The standard InChI is InChI=1S/C12H19N3O2/c1-9-10(6-12(16)17)7-13-15(9)11-4-3-5-14(2)8-11/h7,11H,3-6,8H2,1-2H3,(H,16,17). The topological polar surface area (TPSA) is 58.4 Å². The lowest BCUT2D eigenvalue weighted by Crippen LogP contribution is -2.34. The Balaban J connectivity index is 2.15. The van der Waals surface area contributed by atoms with Crippen LogP contribution in [0.5, 0.6) is 0 Å². The number of rotatable bonds is 3. The van der Waals surface area contributed by atoms with Crippen LogP contribution >= 0.6 is 0 Å². The van der Waals surface area contributed by atoms with Gasteiger partial charge in [0.05, 0.1) is 18.7 Å². The molecule has 0 aliphatic carbocycles. The molecule has 1 aliphatic rings. The van der Waals surface area contributed by atoms with E-state index in [1.165, 1.54) is 6.42 Å². The second-order valence-corrected chi connectivity index (χ2v) is 4.83. The third kappa shape index (κ3) is 2.66. The minimum absolute atomic E-state index is 0.0639. The van der Waals surface area contributed by atoms with E-state index >= 15 is 0 Å². The lowest BCUT2D eigenvalue weighted by molar-refractivity contribution is -0.136. The lowest BCUT2D eigenvalue weighted by atomic mass is 10.1. The summed E-state index contributed by atoms with van der Waals surface area (Å²) in [5, 5.41) is 13.2. The van der Waals surface area contributed by atoms with E-state index in [1.807, 2.05) is 11.6 Å². The molecular weight excluding hydrogens is 218 g/mol. The molecule has 1 aliphatic heterocycles. The third-order valence-electron chi connectivity index (χ3n) is 3.43. The molecule has 0 radical (unpaired) electrons. The predicted octanol–water partition coefficient (Wildman–Crippen LogP) is 1.09. The van der Waals surface area contributed by atoms with Crippen molar-refractivity contribution in [3.8, 4) is 0 Å². The molecular formula is C12H19N3O2. The smallest absolute Gasteiger partial charge is 0.307 e. The fourth-order valence-corrected chi connectivity index (χ4v) is 2.50. The summed E-state index contributed by atoms with van der Waals surface area (Å²) in [7, 11) is 2.11. The monoisotopic (exact) mass is 237 g/mol.